The van der Waals surface area contributed by atoms with Crippen LogP contribution >= 0.6 is 0 Å². The molecule has 3 saturated heterocycles. The average Bonchev–Trinajstić information content (AvgIpc) is 3.13. The van der Waals surface area contributed by atoms with Gasteiger partial charge in [-0.2, -0.15) is 13.2 Å². The molecule has 0 aromatic rings. The van der Waals surface area contributed by atoms with Gasteiger partial charge in [0.25, 0.3) is 5.91 Å². The van der Waals surface area contributed by atoms with Crippen molar-refractivity contribution < 1.29 is 37.5 Å². The molecule has 4 heterocycles. The van der Waals surface area contributed by atoms with E-state index in [0.29, 0.717) is 11.4 Å². The van der Waals surface area contributed by atoms with Gasteiger partial charge in [-0.1, -0.05) is 0 Å². The predicted octanol–water partition coefficient (Wildman–Crippen LogP) is -0.141. The SMILES string of the molecule is CC(=O)N1C[C@H]2CC(/C=C3\CCN(CC(F)(F)F)C3=O)=C(C(=O)O)N3C(=O)[C@@H]1[C@@H]23.[NaH]. The number of carbonyl (C=O) groups is 4. The maximum absolute atomic E-state index is 12.6. The van der Waals surface area contributed by atoms with Crippen LogP contribution in [0.3, 0.4) is 0 Å². The van der Waals surface area contributed by atoms with E-state index < -0.39 is 42.6 Å². The van der Waals surface area contributed by atoms with Crippen molar-refractivity contribution >= 4 is 53.2 Å². The van der Waals surface area contributed by atoms with Gasteiger partial charge in [0.1, 0.15) is 18.3 Å². The average molecular weight is 437 g/mol. The van der Waals surface area contributed by atoms with Crippen molar-refractivity contribution in [1.29, 1.82) is 0 Å². The molecule has 0 spiro atoms. The fraction of sp³-hybridized carbons (Fsp3) is 0.556. The molecule has 0 saturated carbocycles. The van der Waals surface area contributed by atoms with Gasteiger partial charge in [-0.05, 0) is 24.5 Å². The van der Waals surface area contributed by atoms with Crippen molar-refractivity contribution in [3.05, 3.63) is 22.9 Å². The van der Waals surface area contributed by atoms with Crippen LogP contribution in [0.4, 0.5) is 13.2 Å². The Morgan fingerprint density at radius 1 is 1.27 bits per heavy atom. The number of nitrogens with zero attached hydrogens (tertiary/aromatic N) is 3. The fourth-order valence-electron chi connectivity index (χ4n) is 4.80. The summed E-state index contributed by atoms with van der Waals surface area (Å²) in [7, 11) is 0. The van der Waals surface area contributed by atoms with Crippen LogP contribution in [0, 0.1) is 5.92 Å². The molecule has 30 heavy (non-hydrogen) atoms. The predicted molar refractivity (Wildman–Crippen MR) is 97.1 cm³/mol. The number of halogens is 3. The third-order valence-electron chi connectivity index (χ3n) is 5.93. The number of carboxylic acid groups (broad SMARTS) is 1. The standard InChI is InChI=1S/C18H18F3N3O5.Na.H/c1-8(25)23-6-11-5-10(13(17(28)29)24-12(11)14(23)16(24)27)4-9-2-3-22(15(9)26)7-18(19,20)21;;/h4,11-12,14H,2-3,5-7H2,1H3,(H,28,29);;/b9-4+;;/t11-,12-,14+;;/m1../s1. The van der Waals surface area contributed by atoms with E-state index in [0.717, 1.165) is 4.90 Å². The van der Waals surface area contributed by atoms with Crippen LogP contribution in [0.15, 0.2) is 22.9 Å². The monoisotopic (exact) mass is 437 g/mol. The molecule has 3 amide bonds. The second kappa shape index (κ2) is 7.69. The van der Waals surface area contributed by atoms with Gasteiger partial charge in [-0.3, -0.25) is 19.3 Å². The number of carboxylic acids is 1. The van der Waals surface area contributed by atoms with E-state index in [-0.39, 0.29) is 77.6 Å². The van der Waals surface area contributed by atoms with Gasteiger partial charge in [0.2, 0.25) is 11.8 Å². The molecule has 0 aromatic heterocycles. The molecule has 0 aliphatic carbocycles. The van der Waals surface area contributed by atoms with Crippen molar-refractivity contribution in [2.75, 3.05) is 19.6 Å². The van der Waals surface area contributed by atoms with Crippen LogP contribution in [0.2, 0.25) is 0 Å². The summed E-state index contributed by atoms with van der Waals surface area (Å²) in [6.45, 7) is 0.169. The summed E-state index contributed by atoms with van der Waals surface area (Å²) >= 11 is 0. The number of allylic oxidation sites excluding steroid dienone is 2. The van der Waals surface area contributed by atoms with Crippen molar-refractivity contribution in [3.8, 4) is 0 Å². The normalized spacial score (nSPS) is 29.3. The molecule has 12 heteroatoms. The van der Waals surface area contributed by atoms with Crippen LogP contribution < -0.4 is 0 Å². The Bertz CT molecular complexity index is 900. The van der Waals surface area contributed by atoms with Crippen LogP contribution in [0.1, 0.15) is 19.8 Å². The summed E-state index contributed by atoms with van der Waals surface area (Å²) in [5, 5.41) is 9.66. The van der Waals surface area contributed by atoms with E-state index in [9.17, 15) is 37.5 Å². The summed E-state index contributed by atoms with van der Waals surface area (Å²) < 4.78 is 37.8. The first-order chi connectivity index (χ1) is 13.5. The molecule has 158 valence electrons. The summed E-state index contributed by atoms with van der Waals surface area (Å²) in [5.41, 5.74) is 0.0630. The zero-order valence-corrected chi connectivity index (χ0v) is 15.4. The quantitative estimate of drug-likeness (QED) is 0.377. The molecular weight excluding hydrogens is 418 g/mol. The number of hydrogen-bond acceptors (Lipinski definition) is 4. The van der Waals surface area contributed by atoms with Crippen molar-refractivity contribution in [2.24, 2.45) is 5.92 Å². The maximum atomic E-state index is 12.6. The van der Waals surface area contributed by atoms with Crippen LogP contribution in [0.25, 0.3) is 0 Å². The minimum atomic E-state index is -4.52. The molecule has 3 atom stereocenters. The first-order valence-corrected chi connectivity index (χ1v) is 9.13. The zero-order valence-electron chi connectivity index (χ0n) is 15.4. The van der Waals surface area contributed by atoms with Gasteiger partial charge in [0.05, 0.1) is 6.04 Å². The summed E-state index contributed by atoms with van der Waals surface area (Å²) in [6, 6.07) is -1.09. The van der Waals surface area contributed by atoms with Crippen LogP contribution in [-0.2, 0) is 19.2 Å². The van der Waals surface area contributed by atoms with E-state index in [1.54, 1.807) is 0 Å². The second-order valence-electron chi connectivity index (χ2n) is 7.72. The number of carbonyl (C=O) groups excluding carboxylic acids is 3. The van der Waals surface area contributed by atoms with Gasteiger partial charge in [0.15, 0.2) is 0 Å². The van der Waals surface area contributed by atoms with Gasteiger partial charge in [0, 0.05) is 31.5 Å². The number of amides is 3. The molecule has 0 aromatic carbocycles. The third kappa shape index (κ3) is 3.56. The summed E-state index contributed by atoms with van der Waals surface area (Å²) in [4.78, 5) is 51.8. The number of hydrogen-bond donors (Lipinski definition) is 1. The van der Waals surface area contributed by atoms with Gasteiger partial charge < -0.3 is 14.9 Å². The Morgan fingerprint density at radius 3 is 2.50 bits per heavy atom. The van der Waals surface area contributed by atoms with E-state index >= 15 is 0 Å². The molecule has 4 rings (SSSR count). The Hall–Kier alpha value is -1.85. The zero-order chi connectivity index (χ0) is 21.2. The second-order valence-corrected chi connectivity index (χ2v) is 7.72. The third-order valence-corrected chi connectivity index (χ3v) is 5.93. The molecule has 3 fully saturated rings. The van der Waals surface area contributed by atoms with Crippen molar-refractivity contribution in [3.63, 3.8) is 0 Å². The summed E-state index contributed by atoms with van der Waals surface area (Å²) in [5.74, 6) is -3.08. The van der Waals surface area contributed by atoms with E-state index in [2.05, 4.69) is 0 Å². The molecule has 0 bridgehead atoms. The van der Waals surface area contributed by atoms with Crippen LogP contribution in [0.5, 0.6) is 0 Å². The molecule has 4 aliphatic heterocycles. The van der Waals surface area contributed by atoms with E-state index in [4.69, 9.17) is 0 Å². The molecule has 1 N–H and O–H groups in total. The number of likely N-dealkylation sites (tertiary alicyclic amines) is 2. The fourth-order valence-corrected chi connectivity index (χ4v) is 4.80. The first-order valence-electron chi connectivity index (χ1n) is 9.13. The van der Waals surface area contributed by atoms with Crippen LogP contribution in [-0.4, -0.2) is 111 Å². The van der Waals surface area contributed by atoms with Gasteiger partial charge in [-0.25, -0.2) is 4.79 Å². The van der Waals surface area contributed by atoms with E-state index in [1.165, 1.54) is 17.9 Å². The van der Waals surface area contributed by atoms with E-state index in [1.807, 2.05) is 0 Å². The first kappa shape index (κ1) is 22.8. The minimum absolute atomic E-state index is 0. The Balaban J connectivity index is 0.00000256. The molecular formula is C18H19F3N3NaO5. The molecule has 8 nitrogen and oxygen atoms in total. The summed E-state index contributed by atoms with van der Waals surface area (Å²) in [6.07, 6.45) is -2.91. The number of rotatable bonds is 3. The van der Waals surface area contributed by atoms with Gasteiger partial charge in [-0.15, -0.1) is 0 Å². The Morgan fingerprint density at radius 2 is 1.93 bits per heavy atom. The molecule has 0 radical (unpaired) electrons. The molecule has 4 aliphatic rings. The Labute approximate surface area is 191 Å². The molecule has 0 unspecified atom stereocenters. The number of alkyl halides is 3. The van der Waals surface area contributed by atoms with Crippen molar-refractivity contribution in [1.82, 2.24) is 14.7 Å². The van der Waals surface area contributed by atoms with Crippen molar-refractivity contribution in [2.45, 2.75) is 38.0 Å². The van der Waals surface area contributed by atoms with Gasteiger partial charge >= 0.3 is 41.7 Å². The number of β-lactam (4-membered cyclic amide) rings is 1. The topological polar surface area (TPSA) is 98.2 Å². The Kier molecular flexibility index (Phi) is 5.85. The number of aliphatic carboxylic acids is 1.